The monoisotopic (exact) mass is 260 g/mol. The maximum absolute atomic E-state index is 5.19. The average Bonchev–Trinajstić information content (AvgIpc) is 2.40. The molecule has 0 amide bonds. The summed E-state index contributed by atoms with van der Waals surface area (Å²) in [5, 5.41) is 0. The Labute approximate surface area is 115 Å². The Hall–Kier alpha value is -0.0800. The first-order valence-electron chi connectivity index (χ1n) is 7.47. The lowest BCUT2D eigenvalue weighted by molar-refractivity contribution is 0.0314. The molecule has 1 aliphatic carbocycles. The Morgan fingerprint density at radius 3 is 1.56 bits per heavy atom. The lowest BCUT2D eigenvalue weighted by Crippen LogP contribution is -2.24. The van der Waals surface area contributed by atoms with Gasteiger partial charge >= 0.3 is 0 Å². The van der Waals surface area contributed by atoms with Gasteiger partial charge in [0.05, 0.1) is 12.2 Å². The van der Waals surface area contributed by atoms with Crippen molar-refractivity contribution in [1.82, 2.24) is 0 Å². The van der Waals surface area contributed by atoms with E-state index in [1.165, 1.54) is 32.1 Å². The van der Waals surface area contributed by atoms with Crippen LogP contribution in [0.5, 0.6) is 0 Å². The zero-order valence-electron chi connectivity index (χ0n) is 14.0. The molecule has 0 spiro atoms. The van der Waals surface area contributed by atoms with Crippen molar-refractivity contribution in [2.24, 2.45) is 5.41 Å². The minimum atomic E-state index is 0.286. The number of hydrogen-bond acceptors (Lipinski definition) is 2. The largest absolute Gasteiger partial charge is 0.381 e. The molecule has 0 bridgehead atoms. The smallest absolute Gasteiger partial charge is 0.0591 e. The van der Waals surface area contributed by atoms with Gasteiger partial charge in [0.25, 0.3) is 0 Å². The van der Waals surface area contributed by atoms with Crippen LogP contribution in [-0.2, 0) is 9.47 Å². The SMILES string of the molecule is CC.COC(C)C(C)(C)C.COC1CCCCC1. The summed E-state index contributed by atoms with van der Waals surface area (Å²) in [7, 11) is 3.56. The molecule has 0 saturated heterocycles. The number of rotatable bonds is 2. The molecule has 0 aromatic carbocycles. The van der Waals surface area contributed by atoms with Gasteiger partial charge in [-0.05, 0) is 25.2 Å². The van der Waals surface area contributed by atoms with E-state index in [-0.39, 0.29) is 5.41 Å². The van der Waals surface area contributed by atoms with Crippen molar-refractivity contribution in [3.05, 3.63) is 0 Å². The highest BCUT2D eigenvalue weighted by atomic mass is 16.5. The molecule has 0 radical (unpaired) electrons. The van der Waals surface area contributed by atoms with Gasteiger partial charge in [-0.15, -0.1) is 0 Å². The fourth-order valence-electron chi connectivity index (χ4n) is 1.65. The average molecular weight is 260 g/mol. The van der Waals surface area contributed by atoms with Gasteiger partial charge in [0, 0.05) is 14.2 Å². The van der Waals surface area contributed by atoms with Crippen LogP contribution in [-0.4, -0.2) is 26.4 Å². The van der Waals surface area contributed by atoms with Crippen molar-refractivity contribution >= 4 is 0 Å². The standard InChI is InChI=1S/C7H14O.C7H16O.C2H6/c1-8-7-5-3-2-4-6-7;1-6(8-5)7(2,3)4;1-2/h7H,2-6H2,1H3;6H,1-5H3;1-2H3. The molecule has 1 atom stereocenters. The van der Waals surface area contributed by atoms with Crippen molar-refractivity contribution in [2.75, 3.05) is 14.2 Å². The minimum Gasteiger partial charge on any atom is -0.381 e. The van der Waals surface area contributed by atoms with Gasteiger partial charge in [0.2, 0.25) is 0 Å². The van der Waals surface area contributed by atoms with E-state index < -0.39 is 0 Å². The normalized spacial score (nSPS) is 18.0. The highest BCUT2D eigenvalue weighted by Gasteiger charge is 2.18. The molecule has 1 unspecified atom stereocenters. The van der Waals surface area contributed by atoms with Crippen molar-refractivity contribution < 1.29 is 9.47 Å². The van der Waals surface area contributed by atoms with E-state index in [0.717, 1.165) is 0 Å². The van der Waals surface area contributed by atoms with E-state index in [0.29, 0.717) is 12.2 Å². The molecular formula is C16H36O2. The maximum atomic E-state index is 5.19. The van der Waals surface area contributed by atoms with Crippen molar-refractivity contribution in [3.8, 4) is 0 Å². The Kier molecular flexibility index (Phi) is 13.5. The third-order valence-corrected chi connectivity index (χ3v) is 3.46. The fourth-order valence-corrected chi connectivity index (χ4v) is 1.65. The molecule has 2 heteroatoms. The first-order chi connectivity index (χ1) is 8.41. The van der Waals surface area contributed by atoms with Crippen LogP contribution in [0, 0.1) is 5.41 Å². The van der Waals surface area contributed by atoms with Gasteiger partial charge in [0.1, 0.15) is 0 Å². The van der Waals surface area contributed by atoms with Crippen LogP contribution < -0.4 is 0 Å². The van der Waals surface area contributed by atoms with Gasteiger partial charge in [-0.2, -0.15) is 0 Å². The first-order valence-corrected chi connectivity index (χ1v) is 7.47. The van der Waals surface area contributed by atoms with Gasteiger partial charge in [-0.1, -0.05) is 53.9 Å². The van der Waals surface area contributed by atoms with Crippen molar-refractivity contribution in [3.63, 3.8) is 0 Å². The Balaban J connectivity index is 0. The summed E-state index contributed by atoms with van der Waals surface area (Å²) in [4.78, 5) is 0. The van der Waals surface area contributed by atoms with Crippen molar-refractivity contribution in [2.45, 2.75) is 85.9 Å². The Bertz CT molecular complexity index is 155. The lowest BCUT2D eigenvalue weighted by Gasteiger charge is -2.25. The fraction of sp³-hybridized carbons (Fsp3) is 1.00. The van der Waals surface area contributed by atoms with E-state index in [1.54, 1.807) is 7.11 Å². The van der Waals surface area contributed by atoms with Crippen LogP contribution in [0.15, 0.2) is 0 Å². The third-order valence-electron chi connectivity index (χ3n) is 3.46. The minimum absolute atomic E-state index is 0.286. The zero-order chi connectivity index (χ0) is 14.6. The Morgan fingerprint density at radius 2 is 1.39 bits per heavy atom. The Morgan fingerprint density at radius 1 is 0.944 bits per heavy atom. The predicted octanol–water partition coefficient (Wildman–Crippen LogP) is 5.06. The third kappa shape index (κ3) is 11.0. The van der Waals surface area contributed by atoms with Gasteiger partial charge < -0.3 is 9.47 Å². The van der Waals surface area contributed by atoms with E-state index in [2.05, 4.69) is 27.7 Å². The van der Waals surface area contributed by atoms with Crippen molar-refractivity contribution in [1.29, 1.82) is 0 Å². The summed E-state index contributed by atoms with van der Waals surface area (Å²) >= 11 is 0. The summed E-state index contributed by atoms with van der Waals surface area (Å²) in [5.41, 5.74) is 0.286. The quantitative estimate of drug-likeness (QED) is 0.691. The molecule has 1 rings (SSSR count). The molecule has 0 aromatic rings. The van der Waals surface area contributed by atoms with E-state index >= 15 is 0 Å². The molecule has 18 heavy (non-hydrogen) atoms. The predicted molar refractivity (Wildman–Crippen MR) is 81.2 cm³/mol. The van der Waals surface area contributed by atoms with E-state index in [4.69, 9.17) is 9.47 Å². The highest BCUT2D eigenvalue weighted by Crippen LogP contribution is 2.20. The molecule has 1 aliphatic rings. The molecule has 1 fully saturated rings. The highest BCUT2D eigenvalue weighted by molar-refractivity contribution is 4.68. The van der Waals surface area contributed by atoms with Gasteiger partial charge in [-0.25, -0.2) is 0 Å². The van der Waals surface area contributed by atoms with Crippen LogP contribution in [0.3, 0.4) is 0 Å². The summed E-state index contributed by atoms with van der Waals surface area (Å²) in [6.07, 6.45) is 7.68. The molecule has 2 nitrogen and oxygen atoms in total. The summed E-state index contributed by atoms with van der Waals surface area (Å²) < 4.78 is 10.3. The second kappa shape index (κ2) is 12.0. The van der Waals surface area contributed by atoms with Crippen LogP contribution in [0.25, 0.3) is 0 Å². The summed E-state index contributed by atoms with van der Waals surface area (Å²) in [5.74, 6) is 0. The van der Waals surface area contributed by atoms with E-state index in [1.807, 2.05) is 21.0 Å². The molecule has 1 saturated carbocycles. The van der Waals surface area contributed by atoms with Crippen LogP contribution in [0.2, 0.25) is 0 Å². The summed E-state index contributed by atoms with van der Waals surface area (Å²) in [6, 6.07) is 0. The summed E-state index contributed by atoms with van der Waals surface area (Å²) in [6.45, 7) is 12.6. The topological polar surface area (TPSA) is 18.5 Å². The second-order valence-electron chi connectivity index (χ2n) is 5.74. The van der Waals surface area contributed by atoms with Crippen LogP contribution >= 0.6 is 0 Å². The van der Waals surface area contributed by atoms with Crippen LogP contribution in [0.1, 0.15) is 73.6 Å². The molecular weight excluding hydrogens is 224 g/mol. The first kappa shape index (κ1) is 20.2. The van der Waals surface area contributed by atoms with Gasteiger partial charge in [-0.3, -0.25) is 0 Å². The molecule has 0 N–H and O–H groups in total. The molecule has 0 aliphatic heterocycles. The molecule has 0 aromatic heterocycles. The second-order valence-corrected chi connectivity index (χ2v) is 5.74. The maximum Gasteiger partial charge on any atom is 0.0591 e. The lowest BCUT2D eigenvalue weighted by atomic mass is 9.90. The van der Waals surface area contributed by atoms with E-state index in [9.17, 15) is 0 Å². The zero-order valence-corrected chi connectivity index (χ0v) is 14.0. The molecule has 0 heterocycles. The number of hydrogen-bond donors (Lipinski definition) is 0. The van der Waals surface area contributed by atoms with Crippen LogP contribution in [0.4, 0.5) is 0 Å². The van der Waals surface area contributed by atoms with Gasteiger partial charge in [0.15, 0.2) is 0 Å². The number of methoxy groups -OCH3 is 2. The molecule has 112 valence electrons. The number of ether oxygens (including phenoxy) is 2.